The van der Waals surface area contributed by atoms with E-state index in [2.05, 4.69) is 15.5 Å². The van der Waals surface area contributed by atoms with Gasteiger partial charge in [-0.05, 0) is 12.6 Å². The number of nitrogens with zero attached hydrogens (tertiary/aromatic N) is 3. The number of nitrogens with one attached hydrogen (secondary N) is 1. The minimum Gasteiger partial charge on any atom is -0.419 e. The topological polar surface area (TPSA) is 94.1 Å². The SMILES string of the molecule is CCNCc1nnc(-c2cccc([N+](=O)[O-])c2)o1. The Morgan fingerprint density at radius 3 is 3.00 bits per heavy atom. The van der Waals surface area contributed by atoms with Crippen LogP contribution in [0.25, 0.3) is 11.5 Å². The second kappa shape index (κ2) is 5.37. The van der Waals surface area contributed by atoms with E-state index < -0.39 is 4.92 Å². The first kappa shape index (κ1) is 12.2. The lowest BCUT2D eigenvalue weighted by Gasteiger charge is -1.96. The molecule has 7 heteroatoms. The van der Waals surface area contributed by atoms with E-state index >= 15 is 0 Å². The molecule has 0 aliphatic heterocycles. The van der Waals surface area contributed by atoms with Gasteiger partial charge in [-0.3, -0.25) is 10.1 Å². The number of hydrogen-bond acceptors (Lipinski definition) is 6. The summed E-state index contributed by atoms with van der Waals surface area (Å²) in [6.45, 7) is 3.25. The van der Waals surface area contributed by atoms with Gasteiger partial charge in [0.05, 0.1) is 11.5 Å². The fraction of sp³-hybridized carbons (Fsp3) is 0.273. The lowest BCUT2D eigenvalue weighted by molar-refractivity contribution is -0.384. The van der Waals surface area contributed by atoms with Crippen LogP contribution in [0.3, 0.4) is 0 Å². The highest BCUT2D eigenvalue weighted by Crippen LogP contribution is 2.22. The molecule has 0 aliphatic rings. The summed E-state index contributed by atoms with van der Waals surface area (Å²) in [5.41, 5.74) is 0.540. The van der Waals surface area contributed by atoms with Crippen molar-refractivity contribution in [2.75, 3.05) is 6.54 Å². The summed E-state index contributed by atoms with van der Waals surface area (Å²) in [5, 5.41) is 21.4. The summed E-state index contributed by atoms with van der Waals surface area (Å²) in [4.78, 5) is 10.2. The number of benzene rings is 1. The molecule has 7 nitrogen and oxygen atoms in total. The van der Waals surface area contributed by atoms with E-state index in [4.69, 9.17) is 4.42 Å². The molecule has 0 unspecified atom stereocenters. The number of nitro benzene ring substituents is 1. The molecular weight excluding hydrogens is 236 g/mol. The van der Waals surface area contributed by atoms with Crippen molar-refractivity contribution < 1.29 is 9.34 Å². The lowest BCUT2D eigenvalue weighted by Crippen LogP contribution is -2.11. The van der Waals surface area contributed by atoms with Crippen molar-refractivity contribution in [3.05, 3.63) is 40.3 Å². The zero-order valence-corrected chi connectivity index (χ0v) is 9.79. The predicted molar refractivity (Wildman–Crippen MR) is 63.8 cm³/mol. The van der Waals surface area contributed by atoms with Crippen LogP contribution in [0.15, 0.2) is 28.7 Å². The molecule has 18 heavy (non-hydrogen) atoms. The normalized spacial score (nSPS) is 10.5. The maximum atomic E-state index is 10.7. The quantitative estimate of drug-likeness (QED) is 0.640. The third-order valence-corrected chi connectivity index (χ3v) is 2.30. The number of nitro groups is 1. The van der Waals surface area contributed by atoms with E-state index in [1.807, 2.05) is 6.92 Å². The Balaban J connectivity index is 2.23. The Morgan fingerprint density at radius 1 is 1.44 bits per heavy atom. The van der Waals surface area contributed by atoms with Crippen LogP contribution in [0, 0.1) is 10.1 Å². The molecule has 1 heterocycles. The highest BCUT2D eigenvalue weighted by Gasteiger charge is 2.12. The van der Waals surface area contributed by atoms with Gasteiger partial charge >= 0.3 is 0 Å². The molecule has 1 N–H and O–H groups in total. The lowest BCUT2D eigenvalue weighted by atomic mass is 10.2. The zero-order valence-electron chi connectivity index (χ0n) is 9.79. The van der Waals surface area contributed by atoms with Crippen LogP contribution in [-0.4, -0.2) is 21.7 Å². The molecule has 0 fully saturated rings. The first-order valence-electron chi connectivity index (χ1n) is 5.48. The van der Waals surface area contributed by atoms with Crippen molar-refractivity contribution in [1.29, 1.82) is 0 Å². The summed E-state index contributed by atoms with van der Waals surface area (Å²) >= 11 is 0. The first-order valence-corrected chi connectivity index (χ1v) is 5.48. The highest BCUT2D eigenvalue weighted by atomic mass is 16.6. The molecule has 2 rings (SSSR count). The van der Waals surface area contributed by atoms with E-state index in [0.29, 0.717) is 18.0 Å². The van der Waals surface area contributed by atoms with Crippen molar-refractivity contribution in [1.82, 2.24) is 15.5 Å². The molecule has 1 aromatic heterocycles. The zero-order chi connectivity index (χ0) is 13.0. The van der Waals surface area contributed by atoms with Crippen molar-refractivity contribution >= 4 is 5.69 Å². The van der Waals surface area contributed by atoms with Crippen molar-refractivity contribution in [3.63, 3.8) is 0 Å². The Kier molecular flexibility index (Phi) is 3.63. The number of rotatable bonds is 5. The molecule has 2 aromatic rings. The summed E-state index contributed by atoms with van der Waals surface area (Å²) in [6.07, 6.45) is 0. The molecule has 0 amide bonds. The second-order valence-corrected chi connectivity index (χ2v) is 3.59. The smallest absolute Gasteiger partial charge is 0.270 e. The van der Waals surface area contributed by atoms with Gasteiger partial charge in [0.15, 0.2) is 0 Å². The first-order chi connectivity index (χ1) is 8.70. The summed E-state index contributed by atoms with van der Waals surface area (Å²) in [6, 6.07) is 6.10. The Hall–Kier alpha value is -2.28. The van der Waals surface area contributed by atoms with Gasteiger partial charge in [0, 0.05) is 17.7 Å². The van der Waals surface area contributed by atoms with Gasteiger partial charge in [-0.1, -0.05) is 13.0 Å². The highest BCUT2D eigenvalue weighted by molar-refractivity contribution is 5.57. The van der Waals surface area contributed by atoms with Gasteiger partial charge in [-0.15, -0.1) is 10.2 Å². The molecule has 0 atom stereocenters. The van der Waals surface area contributed by atoms with Crippen LogP contribution in [-0.2, 0) is 6.54 Å². The van der Waals surface area contributed by atoms with Crippen LogP contribution in [0.4, 0.5) is 5.69 Å². The molecule has 0 aliphatic carbocycles. The van der Waals surface area contributed by atoms with Gasteiger partial charge in [0.1, 0.15) is 0 Å². The summed E-state index contributed by atoms with van der Waals surface area (Å²) in [7, 11) is 0. The van der Waals surface area contributed by atoms with Crippen molar-refractivity contribution in [2.45, 2.75) is 13.5 Å². The molecule has 94 valence electrons. The van der Waals surface area contributed by atoms with E-state index in [9.17, 15) is 10.1 Å². The number of aromatic nitrogens is 2. The minimum atomic E-state index is -0.459. The van der Waals surface area contributed by atoms with Crippen molar-refractivity contribution in [3.8, 4) is 11.5 Å². The van der Waals surface area contributed by atoms with E-state index in [-0.39, 0.29) is 11.6 Å². The van der Waals surface area contributed by atoms with E-state index in [1.54, 1.807) is 12.1 Å². The van der Waals surface area contributed by atoms with Crippen LogP contribution in [0.1, 0.15) is 12.8 Å². The number of non-ortho nitro benzene ring substituents is 1. The summed E-state index contributed by atoms with van der Waals surface area (Å²) < 4.78 is 5.40. The van der Waals surface area contributed by atoms with Gasteiger partial charge in [0.2, 0.25) is 11.8 Å². The number of hydrogen-bond donors (Lipinski definition) is 1. The fourth-order valence-electron chi connectivity index (χ4n) is 1.43. The average Bonchev–Trinajstić information content (AvgIpc) is 2.85. The molecule has 0 saturated carbocycles. The second-order valence-electron chi connectivity index (χ2n) is 3.59. The fourth-order valence-corrected chi connectivity index (χ4v) is 1.43. The van der Waals surface area contributed by atoms with Gasteiger partial charge < -0.3 is 9.73 Å². The van der Waals surface area contributed by atoms with Gasteiger partial charge in [-0.25, -0.2) is 0 Å². The molecular formula is C11H12N4O3. The third-order valence-electron chi connectivity index (χ3n) is 2.30. The van der Waals surface area contributed by atoms with E-state index in [0.717, 1.165) is 6.54 Å². The standard InChI is InChI=1S/C11H12N4O3/c1-2-12-7-10-13-14-11(18-10)8-4-3-5-9(6-8)15(16)17/h3-6,12H,2,7H2,1H3. The summed E-state index contributed by atoms with van der Waals surface area (Å²) in [5.74, 6) is 0.741. The maximum absolute atomic E-state index is 10.7. The maximum Gasteiger partial charge on any atom is 0.270 e. The molecule has 0 bridgehead atoms. The van der Waals surface area contributed by atoms with E-state index in [1.165, 1.54) is 12.1 Å². The minimum absolute atomic E-state index is 0.000988. The molecule has 0 spiro atoms. The Labute approximate surface area is 103 Å². The predicted octanol–water partition coefficient (Wildman–Crippen LogP) is 1.75. The Morgan fingerprint density at radius 2 is 2.28 bits per heavy atom. The van der Waals surface area contributed by atoms with Crippen molar-refractivity contribution in [2.24, 2.45) is 0 Å². The third kappa shape index (κ3) is 2.69. The van der Waals surface area contributed by atoms with Crippen LogP contribution < -0.4 is 5.32 Å². The molecule has 1 aromatic carbocycles. The van der Waals surface area contributed by atoms with Gasteiger partial charge in [-0.2, -0.15) is 0 Å². The van der Waals surface area contributed by atoms with Crippen LogP contribution >= 0.6 is 0 Å². The molecule has 0 radical (unpaired) electrons. The average molecular weight is 248 g/mol. The Bertz CT molecular complexity index is 553. The van der Waals surface area contributed by atoms with Gasteiger partial charge in [0.25, 0.3) is 5.69 Å². The molecule has 0 saturated heterocycles. The van der Waals surface area contributed by atoms with Crippen LogP contribution in [0.5, 0.6) is 0 Å². The van der Waals surface area contributed by atoms with Crippen LogP contribution in [0.2, 0.25) is 0 Å². The monoisotopic (exact) mass is 248 g/mol. The largest absolute Gasteiger partial charge is 0.419 e.